The average molecular weight is 420 g/mol. The predicted molar refractivity (Wildman–Crippen MR) is 105 cm³/mol. The number of ether oxygens (including phenoxy) is 1. The highest BCUT2D eigenvalue weighted by molar-refractivity contribution is 7.99. The summed E-state index contributed by atoms with van der Waals surface area (Å²) in [6.45, 7) is 5.48. The SMILES string of the molecule is CCOC(=O)c1c(C)[nH]c(C(=O)CSc2nnnn2-c2ccc(Cl)cc2)c1C. The first-order valence-electron chi connectivity index (χ1n) is 8.49. The first kappa shape index (κ1) is 20.1. The maximum atomic E-state index is 12.7. The summed E-state index contributed by atoms with van der Waals surface area (Å²) in [5.74, 6) is -0.490. The van der Waals surface area contributed by atoms with Gasteiger partial charge in [-0.15, -0.1) is 5.10 Å². The van der Waals surface area contributed by atoms with Gasteiger partial charge in [-0.05, 0) is 61.0 Å². The van der Waals surface area contributed by atoms with Gasteiger partial charge in [0.05, 0.1) is 29.3 Å². The molecule has 10 heteroatoms. The van der Waals surface area contributed by atoms with Crippen molar-refractivity contribution in [1.82, 2.24) is 25.2 Å². The summed E-state index contributed by atoms with van der Waals surface area (Å²) in [6.07, 6.45) is 0. The normalized spacial score (nSPS) is 10.9. The van der Waals surface area contributed by atoms with Gasteiger partial charge < -0.3 is 9.72 Å². The molecule has 0 spiro atoms. The van der Waals surface area contributed by atoms with E-state index in [0.29, 0.717) is 32.7 Å². The second-order valence-electron chi connectivity index (χ2n) is 5.91. The van der Waals surface area contributed by atoms with Crippen LogP contribution in [-0.4, -0.2) is 49.3 Å². The molecule has 0 saturated carbocycles. The third-order valence-corrected chi connectivity index (χ3v) is 5.21. The molecule has 0 amide bonds. The highest BCUT2D eigenvalue weighted by atomic mass is 35.5. The highest BCUT2D eigenvalue weighted by Crippen LogP contribution is 2.24. The minimum atomic E-state index is -0.438. The van der Waals surface area contributed by atoms with Crippen LogP contribution in [0.3, 0.4) is 0 Å². The van der Waals surface area contributed by atoms with E-state index in [1.165, 1.54) is 16.4 Å². The number of hydrogen-bond acceptors (Lipinski definition) is 7. The largest absolute Gasteiger partial charge is 0.462 e. The molecular weight excluding hydrogens is 402 g/mol. The van der Waals surface area contributed by atoms with Crippen LogP contribution in [0.15, 0.2) is 29.4 Å². The zero-order chi connectivity index (χ0) is 20.3. The van der Waals surface area contributed by atoms with Gasteiger partial charge in [0.2, 0.25) is 5.16 Å². The molecule has 0 saturated heterocycles. The fraction of sp³-hybridized carbons (Fsp3) is 0.278. The molecule has 28 heavy (non-hydrogen) atoms. The van der Waals surface area contributed by atoms with Crippen LogP contribution in [0.2, 0.25) is 5.02 Å². The van der Waals surface area contributed by atoms with Crippen LogP contribution in [0.1, 0.15) is 39.0 Å². The van der Waals surface area contributed by atoms with Crippen LogP contribution in [0.5, 0.6) is 0 Å². The number of tetrazole rings is 1. The summed E-state index contributed by atoms with van der Waals surface area (Å²) in [5.41, 5.74) is 2.72. The van der Waals surface area contributed by atoms with Crippen molar-refractivity contribution < 1.29 is 14.3 Å². The van der Waals surface area contributed by atoms with Crippen molar-refractivity contribution in [2.45, 2.75) is 25.9 Å². The summed E-state index contributed by atoms with van der Waals surface area (Å²) in [5, 5.41) is 12.7. The lowest BCUT2D eigenvalue weighted by Crippen LogP contribution is -2.09. The van der Waals surface area contributed by atoms with E-state index in [1.807, 2.05) is 0 Å². The number of thioether (sulfide) groups is 1. The second kappa shape index (κ2) is 8.57. The number of ketones is 1. The average Bonchev–Trinajstić information content (AvgIpc) is 3.24. The van der Waals surface area contributed by atoms with Crippen molar-refractivity contribution >= 4 is 35.1 Å². The molecule has 0 atom stereocenters. The number of aromatic nitrogens is 5. The smallest absolute Gasteiger partial charge is 0.340 e. The Kier molecular flexibility index (Phi) is 6.15. The Labute approximate surface area is 170 Å². The number of esters is 1. The van der Waals surface area contributed by atoms with Gasteiger partial charge in [0.25, 0.3) is 0 Å². The van der Waals surface area contributed by atoms with Crippen LogP contribution >= 0.6 is 23.4 Å². The number of aromatic amines is 1. The fourth-order valence-corrected chi connectivity index (χ4v) is 3.64. The van der Waals surface area contributed by atoms with E-state index in [4.69, 9.17) is 16.3 Å². The molecule has 2 heterocycles. The predicted octanol–water partition coefficient (Wildman–Crippen LogP) is 3.41. The number of halogens is 1. The standard InChI is InChI=1S/C18H18ClN5O3S/c1-4-27-17(26)15-10(2)16(20-11(15)3)14(25)9-28-18-21-22-23-24(18)13-7-5-12(19)6-8-13/h5-8,20H,4,9H2,1-3H3. The topological polar surface area (TPSA) is 103 Å². The van der Waals surface area contributed by atoms with Gasteiger partial charge in [-0.25, -0.2) is 4.79 Å². The number of Topliss-reactive ketones (excluding diaryl/α,β-unsaturated/α-hetero) is 1. The van der Waals surface area contributed by atoms with Crippen molar-refractivity contribution in [3.8, 4) is 5.69 Å². The van der Waals surface area contributed by atoms with Gasteiger partial charge in [0, 0.05) is 10.7 Å². The zero-order valence-electron chi connectivity index (χ0n) is 15.5. The molecule has 2 aromatic heterocycles. The Hall–Kier alpha value is -2.65. The van der Waals surface area contributed by atoms with Crippen LogP contribution in [0.4, 0.5) is 0 Å². The first-order chi connectivity index (χ1) is 13.4. The summed E-state index contributed by atoms with van der Waals surface area (Å²) in [4.78, 5) is 27.8. The number of H-pyrrole nitrogens is 1. The van der Waals surface area contributed by atoms with Crippen LogP contribution in [0, 0.1) is 13.8 Å². The molecular formula is C18H18ClN5O3S. The lowest BCUT2D eigenvalue weighted by molar-refractivity contribution is 0.0525. The summed E-state index contributed by atoms with van der Waals surface area (Å²) >= 11 is 7.11. The maximum absolute atomic E-state index is 12.7. The van der Waals surface area contributed by atoms with Crippen LogP contribution < -0.4 is 0 Å². The zero-order valence-corrected chi connectivity index (χ0v) is 17.1. The van der Waals surface area contributed by atoms with E-state index in [0.717, 1.165) is 5.69 Å². The quantitative estimate of drug-likeness (QED) is 0.355. The number of nitrogens with zero attached hydrogens (tertiary/aromatic N) is 4. The van der Waals surface area contributed by atoms with Crippen molar-refractivity contribution in [2.75, 3.05) is 12.4 Å². The number of rotatable bonds is 7. The third kappa shape index (κ3) is 4.10. The molecule has 3 rings (SSSR count). The van der Waals surface area contributed by atoms with Crippen molar-refractivity contribution in [1.29, 1.82) is 0 Å². The first-order valence-corrected chi connectivity index (χ1v) is 9.85. The number of hydrogen-bond donors (Lipinski definition) is 1. The number of nitrogens with one attached hydrogen (secondary N) is 1. The Morgan fingerprint density at radius 3 is 2.64 bits per heavy atom. The Balaban J connectivity index is 1.76. The number of carbonyl (C=O) groups excluding carboxylic acids is 2. The van der Waals surface area contributed by atoms with Gasteiger partial charge >= 0.3 is 5.97 Å². The Morgan fingerprint density at radius 2 is 1.96 bits per heavy atom. The minimum Gasteiger partial charge on any atom is -0.462 e. The molecule has 1 aromatic carbocycles. The summed E-state index contributed by atoms with van der Waals surface area (Å²) < 4.78 is 6.59. The van der Waals surface area contributed by atoms with Crippen molar-refractivity contribution in [3.63, 3.8) is 0 Å². The van der Waals surface area contributed by atoms with E-state index >= 15 is 0 Å². The van der Waals surface area contributed by atoms with Crippen molar-refractivity contribution in [2.24, 2.45) is 0 Å². The molecule has 0 unspecified atom stereocenters. The number of aryl methyl sites for hydroxylation is 1. The molecule has 0 aliphatic rings. The van der Waals surface area contributed by atoms with E-state index in [9.17, 15) is 9.59 Å². The monoisotopic (exact) mass is 419 g/mol. The number of carbonyl (C=O) groups is 2. The Morgan fingerprint density at radius 1 is 1.25 bits per heavy atom. The second-order valence-corrected chi connectivity index (χ2v) is 7.29. The van der Waals surface area contributed by atoms with E-state index < -0.39 is 5.97 Å². The molecule has 0 bridgehead atoms. The Bertz CT molecular complexity index is 1010. The van der Waals surface area contributed by atoms with Gasteiger partial charge in [0.15, 0.2) is 5.78 Å². The van der Waals surface area contributed by atoms with Crippen molar-refractivity contribution in [3.05, 3.63) is 51.8 Å². The molecule has 0 aliphatic heterocycles. The molecule has 1 N–H and O–H groups in total. The molecule has 3 aromatic rings. The van der Waals surface area contributed by atoms with Gasteiger partial charge in [-0.1, -0.05) is 23.4 Å². The van der Waals surface area contributed by atoms with Gasteiger partial charge in [-0.3, -0.25) is 4.79 Å². The van der Waals surface area contributed by atoms with E-state index in [-0.39, 0.29) is 18.1 Å². The molecule has 0 aliphatic carbocycles. The highest BCUT2D eigenvalue weighted by Gasteiger charge is 2.23. The number of benzene rings is 1. The lowest BCUT2D eigenvalue weighted by Gasteiger charge is -2.04. The summed E-state index contributed by atoms with van der Waals surface area (Å²) in [7, 11) is 0. The van der Waals surface area contributed by atoms with Crippen LogP contribution in [-0.2, 0) is 4.74 Å². The maximum Gasteiger partial charge on any atom is 0.340 e. The molecule has 8 nitrogen and oxygen atoms in total. The van der Waals surface area contributed by atoms with E-state index in [1.54, 1.807) is 45.0 Å². The molecule has 0 fully saturated rings. The third-order valence-electron chi connectivity index (χ3n) is 4.04. The summed E-state index contributed by atoms with van der Waals surface area (Å²) in [6, 6.07) is 7.05. The lowest BCUT2D eigenvalue weighted by atomic mass is 10.1. The van der Waals surface area contributed by atoms with Crippen LogP contribution in [0.25, 0.3) is 5.69 Å². The molecule has 146 valence electrons. The molecule has 0 radical (unpaired) electrons. The van der Waals surface area contributed by atoms with Gasteiger partial charge in [0.1, 0.15) is 0 Å². The minimum absolute atomic E-state index is 0.108. The van der Waals surface area contributed by atoms with E-state index in [2.05, 4.69) is 20.5 Å². The van der Waals surface area contributed by atoms with Gasteiger partial charge in [-0.2, -0.15) is 4.68 Å². The fourth-order valence-electron chi connectivity index (χ4n) is 2.75.